The van der Waals surface area contributed by atoms with Crippen LogP contribution in [0.3, 0.4) is 0 Å². The second kappa shape index (κ2) is 7.83. The van der Waals surface area contributed by atoms with E-state index >= 15 is 0 Å². The van der Waals surface area contributed by atoms with E-state index in [0.29, 0.717) is 0 Å². The van der Waals surface area contributed by atoms with Crippen LogP contribution in [0.2, 0.25) is 0 Å². The number of nitrogens with zero attached hydrogens (tertiary/aromatic N) is 1. The maximum atomic E-state index is 2.61. The van der Waals surface area contributed by atoms with Crippen LogP contribution in [-0.2, 0) is 12.8 Å². The van der Waals surface area contributed by atoms with E-state index in [2.05, 4.69) is 36.2 Å². The second-order valence-corrected chi connectivity index (χ2v) is 6.25. The third-order valence-electron chi connectivity index (χ3n) is 5.02. The quantitative estimate of drug-likeness (QED) is 0.769. The van der Waals surface area contributed by atoms with E-state index in [0.717, 1.165) is 12.0 Å². The fourth-order valence-electron chi connectivity index (χ4n) is 3.72. The molecule has 1 aromatic carbocycles. The van der Waals surface area contributed by atoms with E-state index in [1.807, 2.05) is 13.8 Å². The molecule has 20 heavy (non-hydrogen) atoms. The van der Waals surface area contributed by atoms with Gasteiger partial charge in [0, 0.05) is 6.04 Å². The minimum atomic E-state index is 0.754. The van der Waals surface area contributed by atoms with E-state index in [1.54, 1.807) is 11.1 Å². The molecule has 1 heteroatoms. The molecule has 0 N–H and O–H groups in total. The highest BCUT2D eigenvalue weighted by Crippen LogP contribution is 2.29. The van der Waals surface area contributed by atoms with Crippen molar-refractivity contribution in [1.29, 1.82) is 0 Å². The van der Waals surface area contributed by atoms with Gasteiger partial charge in [-0.05, 0) is 49.9 Å². The van der Waals surface area contributed by atoms with Crippen molar-refractivity contribution in [2.24, 2.45) is 5.92 Å². The van der Waals surface area contributed by atoms with Crippen molar-refractivity contribution in [1.82, 2.24) is 4.90 Å². The van der Waals surface area contributed by atoms with Crippen LogP contribution in [0.1, 0.15) is 57.1 Å². The first-order chi connectivity index (χ1) is 9.83. The van der Waals surface area contributed by atoms with Crippen LogP contribution in [0.25, 0.3) is 0 Å². The Morgan fingerprint density at radius 1 is 1.00 bits per heavy atom. The summed E-state index contributed by atoms with van der Waals surface area (Å²) in [4.78, 5) is 2.61. The van der Waals surface area contributed by atoms with Gasteiger partial charge in [0.25, 0.3) is 0 Å². The van der Waals surface area contributed by atoms with E-state index in [9.17, 15) is 0 Å². The summed E-state index contributed by atoms with van der Waals surface area (Å²) in [5, 5.41) is 0. The molecule has 0 atom stereocenters. The molecule has 1 nitrogen and oxygen atoms in total. The van der Waals surface area contributed by atoms with Crippen LogP contribution in [0.15, 0.2) is 24.3 Å². The molecule has 1 saturated carbocycles. The van der Waals surface area contributed by atoms with Gasteiger partial charge in [0.2, 0.25) is 0 Å². The van der Waals surface area contributed by atoms with E-state index in [-0.39, 0.29) is 0 Å². The highest BCUT2D eigenvalue weighted by Gasteiger charge is 2.25. The molecule has 0 bridgehead atoms. The molecular formula is C19H31N. The summed E-state index contributed by atoms with van der Waals surface area (Å²) in [5.41, 5.74) is 3.16. The Morgan fingerprint density at radius 3 is 2.10 bits per heavy atom. The van der Waals surface area contributed by atoms with Gasteiger partial charge >= 0.3 is 0 Å². The molecule has 0 saturated heterocycles. The molecule has 0 aliphatic heterocycles. The highest BCUT2D eigenvalue weighted by atomic mass is 15.1. The SMILES string of the molecule is CC.CN(CCC1CCCC1)C1Cc2ccccc2C1. The Morgan fingerprint density at radius 2 is 1.55 bits per heavy atom. The van der Waals surface area contributed by atoms with Crippen molar-refractivity contribution in [2.75, 3.05) is 13.6 Å². The maximum Gasteiger partial charge on any atom is 0.0173 e. The van der Waals surface area contributed by atoms with Gasteiger partial charge in [-0.25, -0.2) is 0 Å². The molecule has 0 unspecified atom stereocenters. The number of hydrogen-bond donors (Lipinski definition) is 0. The van der Waals surface area contributed by atoms with Gasteiger partial charge in [-0.15, -0.1) is 0 Å². The normalized spacial score (nSPS) is 19.0. The average molecular weight is 273 g/mol. The first-order valence-electron chi connectivity index (χ1n) is 8.60. The van der Waals surface area contributed by atoms with Crippen LogP contribution in [0, 0.1) is 5.92 Å². The molecule has 0 amide bonds. The Labute approximate surface area is 125 Å². The minimum Gasteiger partial charge on any atom is -0.303 e. The summed E-state index contributed by atoms with van der Waals surface area (Å²) in [6.45, 7) is 5.29. The van der Waals surface area contributed by atoms with E-state index in [1.165, 1.54) is 51.5 Å². The van der Waals surface area contributed by atoms with Gasteiger partial charge in [0.05, 0.1) is 0 Å². The highest BCUT2D eigenvalue weighted by molar-refractivity contribution is 5.33. The van der Waals surface area contributed by atoms with Gasteiger partial charge in [0.1, 0.15) is 0 Å². The largest absolute Gasteiger partial charge is 0.303 e. The third-order valence-corrected chi connectivity index (χ3v) is 5.02. The van der Waals surface area contributed by atoms with Gasteiger partial charge < -0.3 is 4.90 Å². The molecule has 112 valence electrons. The molecule has 3 rings (SSSR count). The molecule has 1 fully saturated rings. The molecule has 0 heterocycles. The van der Waals surface area contributed by atoms with Crippen LogP contribution < -0.4 is 0 Å². The molecular weight excluding hydrogens is 242 g/mol. The van der Waals surface area contributed by atoms with E-state index in [4.69, 9.17) is 0 Å². The summed E-state index contributed by atoms with van der Waals surface area (Å²) in [6.07, 6.45) is 9.86. The van der Waals surface area contributed by atoms with Crippen molar-refractivity contribution >= 4 is 0 Å². The molecule has 1 aromatic rings. The summed E-state index contributed by atoms with van der Waals surface area (Å²) in [5.74, 6) is 1.02. The summed E-state index contributed by atoms with van der Waals surface area (Å²) < 4.78 is 0. The molecule has 0 radical (unpaired) electrons. The lowest BCUT2D eigenvalue weighted by Crippen LogP contribution is -2.33. The maximum absolute atomic E-state index is 2.61. The van der Waals surface area contributed by atoms with Crippen LogP contribution >= 0.6 is 0 Å². The van der Waals surface area contributed by atoms with Crippen molar-refractivity contribution in [3.05, 3.63) is 35.4 Å². The van der Waals surface area contributed by atoms with Crippen LogP contribution in [-0.4, -0.2) is 24.5 Å². The van der Waals surface area contributed by atoms with Crippen LogP contribution in [0.4, 0.5) is 0 Å². The van der Waals surface area contributed by atoms with Crippen molar-refractivity contribution in [3.8, 4) is 0 Å². The first-order valence-corrected chi connectivity index (χ1v) is 8.60. The van der Waals surface area contributed by atoms with E-state index < -0.39 is 0 Å². The fourth-order valence-corrected chi connectivity index (χ4v) is 3.72. The molecule has 2 aliphatic carbocycles. The smallest absolute Gasteiger partial charge is 0.0173 e. The molecule has 2 aliphatic rings. The lowest BCUT2D eigenvalue weighted by atomic mass is 10.0. The lowest BCUT2D eigenvalue weighted by molar-refractivity contribution is 0.230. The Kier molecular flexibility index (Phi) is 6.09. The fraction of sp³-hybridized carbons (Fsp3) is 0.684. The number of rotatable bonds is 4. The Hall–Kier alpha value is -0.820. The Bertz CT molecular complexity index is 368. The zero-order valence-electron chi connectivity index (χ0n) is 13.6. The predicted molar refractivity (Wildman–Crippen MR) is 88.2 cm³/mol. The topological polar surface area (TPSA) is 3.24 Å². The summed E-state index contributed by atoms with van der Waals surface area (Å²) in [6, 6.07) is 9.73. The first kappa shape index (κ1) is 15.6. The monoisotopic (exact) mass is 273 g/mol. The average Bonchev–Trinajstić information content (AvgIpc) is 3.15. The molecule has 0 spiro atoms. The second-order valence-electron chi connectivity index (χ2n) is 6.25. The number of benzene rings is 1. The number of likely N-dealkylation sites (N-methyl/N-ethyl adjacent to an activating group) is 1. The van der Waals surface area contributed by atoms with Gasteiger partial charge in [0.15, 0.2) is 0 Å². The van der Waals surface area contributed by atoms with Crippen LogP contribution in [0.5, 0.6) is 0 Å². The van der Waals surface area contributed by atoms with Crippen molar-refractivity contribution in [3.63, 3.8) is 0 Å². The van der Waals surface area contributed by atoms with Crippen molar-refractivity contribution in [2.45, 2.75) is 64.8 Å². The zero-order valence-corrected chi connectivity index (χ0v) is 13.6. The predicted octanol–water partition coefficient (Wildman–Crippen LogP) is 4.69. The minimum absolute atomic E-state index is 0.754. The lowest BCUT2D eigenvalue weighted by Gasteiger charge is -2.25. The number of hydrogen-bond acceptors (Lipinski definition) is 1. The summed E-state index contributed by atoms with van der Waals surface area (Å²) >= 11 is 0. The van der Waals surface area contributed by atoms with Gasteiger partial charge in [-0.1, -0.05) is 63.8 Å². The Balaban J connectivity index is 0.000000704. The van der Waals surface area contributed by atoms with Gasteiger partial charge in [-0.3, -0.25) is 0 Å². The zero-order chi connectivity index (χ0) is 14.4. The van der Waals surface area contributed by atoms with Gasteiger partial charge in [-0.2, -0.15) is 0 Å². The number of fused-ring (bicyclic) bond motifs is 1. The third kappa shape index (κ3) is 3.85. The van der Waals surface area contributed by atoms with Crippen molar-refractivity contribution < 1.29 is 0 Å². The summed E-state index contributed by atoms with van der Waals surface area (Å²) in [7, 11) is 2.32. The molecule has 0 aromatic heterocycles. The standard InChI is InChI=1S/C17H25N.C2H6/c1-18(11-10-14-6-2-3-7-14)17-12-15-8-4-5-9-16(15)13-17;1-2/h4-5,8-9,14,17H,2-3,6-7,10-13H2,1H3;1-2H3.